The van der Waals surface area contributed by atoms with Crippen LogP contribution in [0.5, 0.6) is 0 Å². The molecule has 0 heterocycles. The van der Waals surface area contributed by atoms with E-state index in [4.69, 9.17) is 0 Å². The topological polar surface area (TPSA) is 0 Å². The summed E-state index contributed by atoms with van der Waals surface area (Å²) in [4.78, 5) is 0. The van der Waals surface area contributed by atoms with Gasteiger partial charge < -0.3 is 0 Å². The molecule has 0 atom stereocenters. The van der Waals surface area contributed by atoms with Crippen molar-refractivity contribution in [1.29, 1.82) is 0 Å². The zero-order valence-corrected chi connectivity index (χ0v) is 12.5. The quantitative estimate of drug-likeness (QED) is 0.404. The summed E-state index contributed by atoms with van der Waals surface area (Å²) in [7, 11) is 0. The maximum Gasteiger partial charge on any atom is -0.0105 e. The highest BCUT2D eigenvalue weighted by molar-refractivity contribution is 6.07. The van der Waals surface area contributed by atoms with E-state index in [1.807, 2.05) is 13.8 Å². The van der Waals surface area contributed by atoms with E-state index in [0.29, 0.717) is 0 Å². The van der Waals surface area contributed by atoms with Crippen LogP contribution in [-0.2, 0) is 0 Å². The zero-order valence-electron chi connectivity index (χ0n) is 12.5. The van der Waals surface area contributed by atoms with Gasteiger partial charge in [0.1, 0.15) is 0 Å². The van der Waals surface area contributed by atoms with E-state index in [1.54, 1.807) is 0 Å². The van der Waals surface area contributed by atoms with Gasteiger partial charge in [0.2, 0.25) is 0 Å². The summed E-state index contributed by atoms with van der Waals surface area (Å²) in [5, 5.41) is 5.30. The Balaban J connectivity index is 0.000000321. The van der Waals surface area contributed by atoms with Crippen LogP contribution in [0.2, 0.25) is 0 Å². The summed E-state index contributed by atoms with van der Waals surface area (Å²) in [6, 6.07) is 21.4. The molecule has 0 unspecified atom stereocenters. The van der Waals surface area contributed by atoms with Crippen LogP contribution in [-0.4, -0.2) is 0 Å². The predicted molar refractivity (Wildman–Crippen MR) is 88.8 cm³/mol. The Kier molecular flexibility index (Phi) is 6.67. The molecule has 0 fully saturated rings. The second kappa shape index (κ2) is 8.31. The van der Waals surface area contributed by atoms with Crippen LogP contribution >= 0.6 is 0 Å². The molecule has 100 valence electrons. The second-order valence-electron chi connectivity index (χ2n) is 4.21. The zero-order chi connectivity index (χ0) is 14.1. The normalized spacial score (nSPS) is 9.26. The highest BCUT2D eigenvalue weighted by Gasteiger charge is 1.97. The van der Waals surface area contributed by atoms with Crippen molar-refractivity contribution >= 4 is 21.5 Å². The minimum absolute atomic E-state index is 1.25. The summed E-state index contributed by atoms with van der Waals surface area (Å²) < 4.78 is 0. The van der Waals surface area contributed by atoms with E-state index in [9.17, 15) is 0 Å². The van der Waals surface area contributed by atoms with Gasteiger partial charge in [0, 0.05) is 0 Å². The van der Waals surface area contributed by atoms with Gasteiger partial charge in [0.25, 0.3) is 0 Å². The third-order valence-corrected chi connectivity index (χ3v) is 2.65. The lowest BCUT2D eigenvalue weighted by Crippen LogP contribution is -1.75. The molecule has 0 saturated heterocycles. The Morgan fingerprint density at radius 1 is 0.579 bits per heavy atom. The molecule has 0 radical (unpaired) electrons. The summed E-state index contributed by atoms with van der Waals surface area (Å²) in [5.41, 5.74) is 0. The second-order valence-corrected chi connectivity index (χ2v) is 4.21. The molecule has 0 spiro atoms. The van der Waals surface area contributed by atoms with E-state index >= 15 is 0 Å². The van der Waals surface area contributed by atoms with Crippen LogP contribution < -0.4 is 0 Å². The van der Waals surface area contributed by atoms with Gasteiger partial charge in [-0.3, -0.25) is 0 Å². The van der Waals surface area contributed by atoms with Crippen molar-refractivity contribution in [2.45, 2.75) is 34.1 Å². The van der Waals surface area contributed by atoms with E-state index in [0.717, 1.165) is 0 Å². The van der Waals surface area contributed by atoms with Crippen LogP contribution in [0.1, 0.15) is 34.1 Å². The monoisotopic (exact) mass is 252 g/mol. The summed E-state index contributed by atoms with van der Waals surface area (Å²) >= 11 is 0. The van der Waals surface area contributed by atoms with E-state index in [-0.39, 0.29) is 0 Å². The van der Waals surface area contributed by atoms with Crippen LogP contribution in [0.15, 0.2) is 60.7 Å². The Labute approximate surface area is 117 Å². The van der Waals surface area contributed by atoms with Gasteiger partial charge >= 0.3 is 0 Å². The highest BCUT2D eigenvalue weighted by Crippen LogP contribution is 2.24. The standard InChI is InChI=1S/C14H10.C3H8.C2H6/c1-3-7-13-11(5-1)9-10-12-6-2-4-8-14(12)13;1-3-2;1-2/h1-10H;3H2,1-2H3;1-2H3. The molecule has 3 rings (SSSR count). The molecule has 0 saturated carbocycles. The Morgan fingerprint density at radius 3 is 1.26 bits per heavy atom. The predicted octanol–water partition coefficient (Wildman–Crippen LogP) is 6.44. The van der Waals surface area contributed by atoms with Gasteiger partial charge in [0.05, 0.1) is 0 Å². The third-order valence-electron chi connectivity index (χ3n) is 2.65. The van der Waals surface area contributed by atoms with E-state index in [2.05, 4.69) is 74.5 Å². The lowest BCUT2D eigenvalue weighted by Gasteiger charge is -2.02. The fourth-order valence-electron chi connectivity index (χ4n) is 1.95. The van der Waals surface area contributed by atoms with Crippen molar-refractivity contribution in [3.05, 3.63) is 60.7 Å². The number of benzene rings is 3. The number of hydrogen-bond acceptors (Lipinski definition) is 0. The molecule has 0 nitrogen and oxygen atoms in total. The van der Waals surface area contributed by atoms with E-state index < -0.39 is 0 Å². The average molecular weight is 252 g/mol. The third kappa shape index (κ3) is 3.82. The molecule has 0 amide bonds. The van der Waals surface area contributed by atoms with Gasteiger partial charge in [-0.2, -0.15) is 0 Å². The molecule has 3 aromatic rings. The van der Waals surface area contributed by atoms with Crippen LogP contribution in [0.4, 0.5) is 0 Å². The van der Waals surface area contributed by atoms with Gasteiger partial charge in [-0.25, -0.2) is 0 Å². The highest BCUT2D eigenvalue weighted by atomic mass is 14.0. The molecule has 0 aliphatic carbocycles. The van der Waals surface area contributed by atoms with Crippen molar-refractivity contribution in [2.24, 2.45) is 0 Å². The van der Waals surface area contributed by atoms with Gasteiger partial charge in [0.15, 0.2) is 0 Å². The van der Waals surface area contributed by atoms with Crippen molar-refractivity contribution in [2.75, 3.05) is 0 Å². The van der Waals surface area contributed by atoms with Gasteiger partial charge in [-0.1, -0.05) is 94.8 Å². The van der Waals surface area contributed by atoms with Crippen LogP contribution in [0.3, 0.4) is 0 Å². The minimum Gasteiger partial charge on any atom is -0.0683 e. The fraction of sp³-hybridized carbons (Fsp3) is 0.263. The molecule has 0 aromatic heterocycles. The molecule has 0 aliphatic heterocycles. The Bertz CT molecular complexity index is 554. The molecule has 0 N–H and O–H groups in total. The average Bonchev–Trinajstić information content (AvgIpc) is 2.50. The molecule has 0 heteroatoms. The molecule has 0 bridgehead atoms. The van der Waals surface area contributed by atoms with Crippen molar-refractivity contribution in [3.8, 4) is 0 Å². The SMILES string of the molecule is CC.CCC.c1ccc2c(c1)ccc1ccccc12. The number of rotatable bonds is 0. The first kappa shape index (κ1) is 15.2. The fourth-order valence-corrected chi connectivity index (χ4v) is 1.95. The lowest BCUT2D eigenvalue weighted by atomic mass is 10.0. The molecule has 19 heavy (non-hydrogen) atoms. The van der Waals surface area contributed by atoms with E-state index in [1.165, 1.54) is 28.0 Å². The van der Waals surface area contributed by atoms with Crippen LogP contribution in [0.25, 0.3) is 21.5 Å². The largest absolute Gasteiger partial charge is 0.0683 e. The van der Waals surface area contributed by atoms with Gasteiger partial charge in [-0.15, -0.1) is 0 Å². The first-order valence-electron chi connectivity index (χ1n) is 7.23. The molecular weight excluding hydrogens is 228 g/mol. The van der Waals surface area contributed by atoms with Crippen molar-refractivity contribution in [3.63, 3.8) is 0 Å². The number of fused-ring (bicyclic) bond motifs is 3. The maximum absolute atomic E-state index is 2.18. The first-order valence-corrected chi connectivity index (χ1v) is 7.23. The first-order chi connectivity index (χ1) is 9.36. The van der Waals surface area contributed by atoms with Crippen LogP contribution in [0, 0.1) is 0 Å². The lowest BCUT2D eigenvalue weighted by molar-refractivity contribution is 1.09. The minimum atomic E-state index is 1.25. The Morgan fingerprint density at radius 2 is 0.895 bits per heavy atom. The summed E-state index contributed by atoms with van der Waals surface area (Å²) in [6.07, 6.45) is 1.25. The van der Waals surface area contributed by atoms with Crippen molar-refractivity contribution in [1.82, 2.24) is 0 Å². The van der Waals surface area contributed by atoms with Crippen molar-refractivity contribution < 1.29 is 0 Å². The smallest absolute Gasteiger partial charge is 0.0105 e. The maximum atomic E-state index is 2.18. The number of hydrogen-bond donors (Lipinski definition) is 0. The molecule has 0 aliphatic rings. The molecule has 3 aromatic carbocycles. The summed E-state index contributed by atoms with van der Waals surface area (Å²) in [6.45, 7) is 8.25. The Hall–Kier alpha value is -1.82. The van der Waals surface area contributed by atoms with Gasteiger partial charge in [-0.05, 0) is 21.5 Å². The molecular formula is C19H24. The summed E-state index contributed by atoms with van der Waals surface area (Å²) in [5.74, 6) is 0.